The zero-order valence-corrected chi connectivity index (χ0v) is 9.03. The van der Waals surface area contributed by atoms with Gasteiger partial charge in [0.2, 0.25) is 0 Å². The van der Waals surface area contributed by atoms with Gasteiger partial charge in [-0.05, 0) is 12.1 Å². The summed E-state index contributed by atoms with van der Waals surface area (Å²) in [6.45, 7) is 0. The Morgan fingerprint density at radius 3 is 2.83 bits per heavy atom. The molecular formula is C11H8N4O3. The van der Waals surface area contributed by atoms with E-state index in [4.69, 9.17) is 4.74 Å². The van der Waals surface area contributed by atoms with E-state index in [9.17, 15) is 10.2 Å². The number of imidazole rings is 1. The number of fused-ring (bicyclic) bond motifs is 1. The van der Waals surface area contributed by atoms with Crippen molar-refractivity contribution in [2.75, 3.05) is 0 Å². The number of hydrogen-bond donors (Lipinski definition) is 3. The first-order valence-electron chi connectivity index (χ1n) is 5.08. The molecule has 0 spiro atoms. The number of aromatic amines is 1. The lowest BCUT2D eigenvalue weighted by Gasteiger charge is -2.04. The van der Waals surface area contributed by atoms with Crippen LogP contribution in [0, 0.1) is 0 Å². The number of phenols is 2. The molecule has 1 aromatic carbocycles. The standard InChI is InChI=1S/C11H8N4O3/c16-8-2-1-6(3-9(8)17)18-11-12-4-7-10(15-11)14-5-13-7/h1-5,16-17H,(H,12,13,14,15). The zero-order valence-electron chi connectivity index (χ0n) is 9.03. The van der Waals surface area contributed by atoms with Gasteiger partial charge in [-0.15, -0.1) is 0 Å². The van der Waals surface area contributed by atoms with Crippen LogP contribution in [0.2, 0.25) is 0 Å². The van der Waals surface area contributed by atoms with Crippen molar-refractivity contribution in [3.8, 4) is 23.3 Å². The van der Waals surface area contributed by atoms with Gasteiger partial charge >= 0.3 is 6.01 Å². The molecule has 0 aliphatic rings. The van der Waals surface area contributed by atoms with E-state index in [1.807, 2.05) is 0 Å². The maximum atomic E-state index is 9.33. The molecule has 2 heterocycles. The normalized spacial score (nSPS) is 10.7. The van der Waals surface area contributed by atoms with Crippen LogP contribution in [-0.4, -0.2) is 30.1 Å². The van der Waals surface area contributed by atoms with Crippen LogP contribution >= 0.6 is 0 Å². The Morgan fingerprint density at radius 1 is 1.11 bits per heavy atom. The molecule has 0 saturated heterocycles. The monoisotopic (exact) mass is 244 g/mol. The highest BCUT2D eigenvalue weighted by Crippen LogP contribution is 2.30. The minimum atomic E-state index is -0.270. The Hall–Kier alpha value is -2.83. The van der Waals surface area contributed by atoms with Gasteiger partial charge in [-0.3, -0.25) is 0 Å². The SMILES string of the molecule is Oc1ccc(Oc2ncc3[nH]cnc3n2)cc1O. The predicted molar refractivity (Wildman–Crippen MR) is 61.5 cm³/mol. The van der Waals surface area contributed by atoms with Crippen molar-refractivity contribution < 1.29 is 14.9 Å². The number of aromatic hydroxyl groups is 2. The van der Waals surface area contributed by atoms with Crippen molar-refractivity contribution in [3.63, 3.8) is 0 Å². The highest BCUT2D eigenvalue weighted by Gasteiger charge is 2.06. The molecule has 0 atom stereocenters. The number of phenolic OH excluding ortho intramolecular Hbond substituents is 2. The minimum absolute atomic E-state index is 0.111. The van der Waals surface area contributed by atoms with Crippen molar-refractivity contribution in [1.29, 1.82) is 0 Å². The van der Waals surface area contributed by atoms with Crippen LogP contribution in [0.1, 0.15) is 0 Å². The number of nitrogens with zero attached hydrogens (tertiary/aromatic N) is 3. The van der Waals surface area contributed by atoms with Gasteiger partial charge in [-0.2, -0.15) is 4.98 Å². The van der Waals surface area contributed by atoms with Crippen molar-refractivity contribution in [1.82, 2.24) is 19.9 Å². The molecule has 0 radical (unpaired) electrons. The number of H-pyrrole nitrogens is 1. The van der Waals surface area contributed by atoms with Crippen LogP contribution in [-0.2, 0) is 0 Å². The molecule has 0 amide bonds. The van der Waals surface area contributed by atoms with Gasteiger partial charge in [0.05, 0.1) is 12.5 Å². The smallest absolute Gasteiger partial charge is 0.324 e. The topological polar surface area (TPSA) is 104 Å². The van der Waals surface area contributed by atoms with Crippen LogP contribution < -0.4 is 4.74 Å². The molecule has 90 valence electrons. The first-order chi connectivity index (χ1) is 8.72. The molecule has 0 saturated carbocycles. The van der Waals surface area contributed by atoms with Crippen LogP contribution in [0.4, 0.5) is 0 Å². The zero-order chi connectivity index (χ0) is 12.5. The summed E-state index contributed by atoms with van der Waals surface area (Å²) in [5, 5.41) is 18.5. The van der Waals surface area contributed by atoms with Gasteiger partial charge in [0, 0.05) is 6.07 Å². The summed E-state index contributed by atoms with van der Waals surface area (Å²) in [4.78, 5) is 14.9. The third kappa shape index (κ3) is 1.77. The molecule has 0 bridgehead atoms. The molecule has 0 aliphatic carbocycles. The Labute approximate surface area is 101 Å². The van der Waals surface area contributed by atoms with E-state index in [2.05, 4.69) is 19.9 Å². The third-order valence-electron chi connectivity index (χ3n) is 2.31. The van der Waals surface area contributed by atoms with Gasteiger partial charge in [0.15, 0.2) is 17.1 Å². The number of ether oxygens (including phenoxy) is 1. The third-order valence-corrected chi connectivity index (χ3v) is 2.31. The average Bonchev–Trinajstić information content (AvgIpc) is 2.81. The molecule has 3 rings (SSSR count). The fourth-order valence-electron chi connectivity index (χ4n) is 1.44. The summed E-state index contributed by atoms with van der Waals surface area (Å²) in [5.41, 5.74) is 1.19. The van der Waals surface area contributed by atoms with Gasteiger partial charge in [0.25, 0.3) is 0 Å². The second kappa shape index (κ2) is 3.88. The van der Waals surface area contributed by atoms with Crippen molar-refractivity contribution in [2.45, 2.75) is 0 Å². The maximum absolute atomic E-state index is 9.33. The summed E-state index contributed by atoms with van der Waals surface area (Å²) in [5.74, 6) is -0.167. The lowest BCUT2D eigenvalue weighted by atomic mass is 10.3. The Kier molecular flexibility index (Phi) is 2.23. The summed E-state index contributed by atoms with van der Waals surface area (Å²) in [7, 11) is 0. The van der Waals surface area contributed by atoms with Crippen LogP contribution in [0.3, 0.4) is 0 Å². The number of rotatable bonds is 2. The van der Waals surface area contributed by atoms with E-state index in [0.717, 1.165) is 0 Å². The highest BCUT2D eigenvalue weighted by molar-refractivity contribution is 5.68. The Morgan fingerprint density at radius 2 is 2.00 bits per heavy atom. The molecule has 7 heteroatoms. The van der Waals surface area contributed by atoms with Gasteiger partial charge in [-0.25, -0.2) is 9.97 Å². The molecule has 0 fully saturated rings. The molecule has 0 unspecified atom stereocenters. The second-order valence-corrected chi connectivity index (χ2v) is 3.54. The van der Waals surface area contributed by atoms with Gasteiger partial charge < -0.3 is 19.9 Å². The number of hydrogen-bond acceptors (Lipinski definition) is 6. The van der Waals surface area contributed by atoms with Gasteiger partial charge in [0.1, 0.15) is 11.3 Å². The lowest BCUT2D eigenvalue weighted by Crippen LogP contribution is -1.91. The van der Waals surface area contributed by atoms with E-state index >= 15 is 0 Å². The summed E-state index contributed by atoms with van der Waals surface area (Å²) < 4.78 is 5.34. The number of nitrogens with one attached hydrogen (secondary N) is 1. The molecule has 0 aliphatic heterocycles. The number of aromatic nitrogens is 4. The first-order valence-corrected chi connectivity index (χ1v) is 5.08. The fraction of sp³-hybridized carbons (Fsp3) is 0. The summed E-state index contributed by atoms with van der Waals surface area (Å²) in [6.07, 6.45) is 3.06. The van der Waals surface area contributed by atoms with E-state index in [1.165, 1.54) is 24.5 Å². The predicted octanol–water partition coefficient (Wildman–Crippen LogP) is 1.56. The molecule has 18 heavy (non-hydrogen) atoms. The fourth-order valence-corrected chi connectivity index (χ4v) is 1.44. The quantitative estimate of drug-likeness (QED) is 0.591. The second-order valence-electron chi connectivity index (χ2n) is 3.54. The lowest BCUT2D eigenvalue weighted by molar-refractivity contribution is 0.394. The van der Waals surface area contributed by atoms with Crippen LogP contribution in [0.15, 0.2) is 30.7 Å². The average molecular weight is 244 g/mol. The van der Waals surface area contributed by atoms with E-state index < -0.39 is 0 Å². The van der Waals surface area contributed by atoms with E-state index in [1.54, 1.807) is 6.20 Å². The van der Waals surface area contributed by atoms with Crippen LogP contribution in [0.5, 0.6) is 23.3 Å². The largest absolute Gasteiger partial charge is 0.504 e. The number of benzene rings is 1. The molecular weight excluding hydrogens is 236 g/mol. The van der Waals surface area contributed by atoms with Crippen molar-refractivity contribution >= 4 is 11.2 Å². The van der Waals surface area contributed by atoms with Crippen molar-refractivity contribution in [2.24, 2.45) is 0 Å². The van der Waals surface area contributed by atoms with Crippen molar-refractivity contribution in [3.05, 3.63) is 30.7 Å². The van der Waals surface area contributed by atoms with Gasteiger partial charge in [-0.1, -0.05) is 0 Å². The molecule has 3 aromatic rings. The minimum Gasteiger partial charge on any atom is -0.504 e. The summed E-state index contributed by atoms with van der Waals surface area (Å²) in [6, 6.07) is 4.19. The maximum Gasteiger partial charge on any atom is 0.324 e. The van der Waals surface area contributed by atoms with E-state index in [0.29, 0.717) is 16.9 Å². The summed E-state index contributed by atoms with van der Waals surface area (Å²) >= 11 is 0. The van der Waals surface area contributed by atoms with E-state index in [-0.39, 0.29) is 17.5 Å². The Balaban J connectivity index is 1.92. The Bertz CT molecular complexity index is 710. The van der Waals surface area contributed by atoms with Crippen LogP contribution in [0.25, 0.3) is 11.2 Å². The molecule has 3 N–H and O–H groups in total. The molecule has 7 nitrogen and oxygen atoms in total. The first kappa shape index (κ1) is 10.3. The molecule has 2 aromatic heterocycles. The highest BCUT2D eigenvalue weighted by atomic mass is 16.5.